The Bertz CT molecular complexity index is 777. The van der Waals surface area contributed by atoms with E-state index >= 15 is 0 Å². The van der Waals surface area contributed by atoms with Gasteiger partial charge in [0.1, 0.15) is 0 Å². The van der Waals surface area contributed by atoms with Gasteiger partial charge in [0.15, 0.2) is 11.6 Å². The van der Waals surface area contributed by atoms with Gasteiger partial charge in [-0.25, -0.2) is 4.98 Å². The fourth-order valence-corrected chi connectivity index (χ4v) is 2.44. The molecule has 0 saturated carbocycles. The number of aromatic amines is 1. The highest BCUT2D eigenvalue weighted by Gasteiger charge is 2.14. The molecule has 1 aromatic heterocycles. The zero-order valence-corrected chi connectivity index (χ0v) is 13.8. The van der Waals surface area contributed by atoms with Crippen molar-refractivity contribution in [3.05, 3.63) is 59.7 Å². The van der Waals surface area contributed by atoms with Crippen LogP contribution in [-0.4, -0.2) is 15.2 Å². The molecule has 0 spiro atoms. The van der Waals surface area contributed by atoms with Crippen LogP contribution in [0.4, 0.5) is 0 Å². The standard InChI is InChI=1S/C19H22N4/c1-19(2,3)16-10-8-15(9-11-16)18-21-17(22-23-18)14-6-4-13(12-20)5-7-14/h4-11H,12,20H2,1-3H3,(H,21,22,23). The van der Waals surface area contributed by atoms with E-state index in [0.717, 1.165) is 22.5 Å². The van der Waals surface area contributed by atoms with Crippen LogP contribution in [0, 0.1) is 0 Å². The monoisotopic (exact) mass is 306 g/mol. The fourth-order valence-electron chi connectivity index (χ4n) is 2.44. The van der Waals surface area contributed by atoms with E-state index < -0.39 is 0 Å². The maximum absolute atomic E-state index is 5.63. The van der Waals surface area contributed by atoms with Crippen LogP contribution in [0.2, 0.25) is 0 Å². The van der Waals surface area contributed by atoms with Crippen LogP contribution < -0.4 is 5.73 Å². The molecule has 23 heavy (non-hydrogen) atoms. The molecule has 0 aliphatic heterocycles. The molecule has 0 fully saturated rings. The number of nitrogens with two attached hydrogens (primary N) is 1. The molecule has 3 N–H and O–H groups in total. The number of benzene rings is 2. The van der Waals surface area contributed by atoms with E-state index in [0.29, 0.717) is 12.4 Å². The highest BCUT2D eigenvalue weighted by molar-refractivity contribution is 5.61. The van der Waals surface area contributed by atoms with E-state index in [9.17, 15) is 0 Å². The summed E-state index contributed by atoms with van der Waals surface area (Å²) in [6.45, 7) is 7.16. The third-order valence-electron chi connectivity index (χ3n) is 3.96. The van der Waals surface area contributed by atoms with Crippen LogP contribution in [0.1, 0.15) is 31.9 Å². The Hall–Kier alpha value is -2.46. The zero-order chi connectivity index (χ0) is 16.4. The van der Waals surface area contributed by atoms with Crippen LogP contribution in [0.5, 0.6) is 0 Å². The second-order valence-electron chi connectivity index (χ2n) is 6.74. The molecule has 4 heteroatoms. The van der Waals surface area contributed by atoms with Crippen molar-refractivity contribution in [2.75, 3.05) is 0 Å². The third kappa shape index (κ3) is 3.32. The average Bonchev–Trinajstić information content (AvgIpc) is 3.04. The summed E-state index contributed by atoms with van der Waals surface area (Å²) in [5.74, 6) is 1.48. The summed E-state index contributed by atoms with van der Waals surface area (Å²) in [4.78, 5) is 4.60. The van der Waals surface area contributed by atoms with E-state index in [2.05, 4.69) is 60.2 Å². The van der Waals surface area contributed by atoms with E-state index in [1.807, 2.05) is 24.3 Å². The predicted molar refractivity (Wildman–Crippen MR) is 93.8 cm³/mol. The molecular formula is C19H22N4. The van der Waals surface area contributed by atoms with Crippen molar-refractivity contribution in [3.8, 4) is 22.8 Å². The van der Waals surface area contributed by atoms with Crippen LogP contribution in [0.3, 0.4) is 0 Å². The second kappa shape index (κ2) is 5.97. The van der Waals surface area contributed by atoms with Crippen LogP contribution >= 0.6 is 0 Å². The number of hydrogen-bond acceptors (Lipinski definition) is 3. The van der Waals surface area contributed by atoms with Gasteiger partial charge in [-0.3, -0.25) is 5.10 Å². The summed E-state index contributed by atoms with van der Waals surface area (Å²) in [7, 11) is 0. The quantitative estimate of drug-likeness (QED) is 0.771. The highest BCUT2D eigenvalue weighted by atomic mass is 15.2. The summed E-state index contributed by atoms with van der Waals surface area (Å²) < 4.78 is 0. The molecule has 0 unspecified atom stereocenters. The van der Waals surface area contributed by atoms with Crippen LogP contribution in [0.15, 0.2) is 48.5 Å². The summed E-state index contributed by atoms with van der Waals surface area (Å²) in [5.41, 5.74) is 10.2. The van der Waals surface area contributed by atoms with Gasteiger partial charge < -0.3 is 5.73 Å². The predicted octanol–water partition coefficient (Wildman–Crippen LogP) is 3.89. The van der Waals surface area contributed by atoms with Crippen molar-refractivity contribution in [3.63, 3.8) is 0 Å². The first kappa shape index (κ1) is 15.4. The number of rotatable bonds is 3. The molecule has 1 heterocycles. The minimum atomic E-state index is 0.146. The molecule has 4 nitrogen and oxygen atoms in total. The Morgan fingerprint density at radius 2 is 1.52 bits per heavy atom. The molecule has 0 atom stereocenters. The first-order valence-electron chi connectivity index (χ1n) is 7.80. The molecule has 0 radical (unpaired) electrons. The zero-order valence-electron chi connectivity index (χ0n) is 13.8. The Morgan fingerprint density at radius 3 is 2.09 bits per heavy atom. The third-order valence-corrected chi connectivity index (χ3v) is 3.96. The first-order chi connectivity index (χ1) is 11.0. The summed E-state index contributed by atoms with van der Waals surface area (Å²) in [5, 5.41) is 7.35. The topological polar surface area (TPSA) is 67.6 Å². The lowest BCUT2D eigenvalue weighted by molar-refractivity contribution is 0.590. The Labute approximate surface area is 136 Å². The van der Waals surface area contributed by atoms with Gasteiger partial charge in [0.05, 0.1) is 0 Å². The largest absolute Gasteiger partial charge is 0.326 e. The van der Waals surface area contributed by atoms with Gasteiger partial charge in [-0.2, -0.15) is 5.10 Å². The molecule has 118 valence electrons. The van der Waals surface area contributed by atoms with Gasteiger partial charge in [-0.1, -0.05) is 69.3 Å². The molecule has 0 amide bonds. The van der Waals surface area contributed by atoms with Crippen molar-refractivity contribution in [2.24, 2.45) is 5.73 Å². The molecular weight excluding hydrogens is 284 g/mol. The normalized spacial score (nSPS) is 11.7. The van der Waals surface area contributed by atoms with Gasteiger partial charge in [0.2, 0.25) is 0 Å². The van der Waals surface area contributed by atoms with E-state index in [4.69, 9.17) is 5.73 Å². The van der Waals surface area contributed by atoms with Crippen molar-refractivity contribution in [1.82, 2.24) is 15.2 Å². The Morgan fingerprint density at radius 1 is 0.913 bits per heavy atom. The van der Waals surface area contributed by atoms with Crippen molar-refractivity contribution < 1.29 is 0 Å². The lowest BCUT2D eigenvalue weighted by atomic mass is 9.87. The lowest BCUT2D eigenvalue weighted by Crippen LogP contribution is -2.10. The maximum Gasteiger partial charge on any atom is 0.181 e. The summed E-state index contributed by atoms with van der Waals surface area (Å²) in [6.07, 6.45) is 0. The second-order valence-corrected chi connectivity index (χ2v) is 6.74. The van der Waals surface area contributed by atoms with Crippen LogP contribution in [-0.2, 0) is 12.0 Å². The molecule has 2 aromatic carbocycles. The summed E-state index contributed by atoms with van der Waals surface area (Å²) in [6, 6.07) is 16.5. The highest BCUT2D eigenvalue weighted by Crippen LogP contribution is 2.25. The fraction of sp³-hybridized carbons (Fsp3) is 0.263. The number of aromatic nitrogens is 3. The van der Waals surface area contributed by atoms with Gasteiger partial charge in [0.25, 0.3) is 0 Å². The summed E-state index contributed by atoms with van der Waals surface area (Å²) >= 11 is 0. The van der Waals surface area contributed by atoms with Gasteiger partial charge in [-0.15, -0.1) is 0 Å². The smallest absolute Gasteiger partial charge is 0.181 e. The molecule has 0 aliphatic rings. The number of H-pyrrole nitrogens is 1. The Kier molecular flexibility index (Phi) is 4.01. The van der Waals surface area contributed by atoms with E-state index in [1.54, 1.807) is 0 Å². The van der Waals surface area contributed by atoms with Crippen molar-refractivity contribution >= 4 is 0 Å². The lowest BCUT2D eigenvalue weighted by Gasteiger charge is -2.18. The molecule has 3 aromatic rings. The molecule has 0 bridgehead atoms. The maximum atomic E-state index is 5.63. The van der Waals surface area contributed by atoms with Crippen LogP contribution in [0.25, 0.3) is 22.8 Å². The molecule has 3 rings (SSSR count). The minimum Gasteiger partial charge on any atom is -0.326 e. The average molecular weight is 306 g/mol. The molecule has 0 saturated heterocycles. The first-order valence-corrected chi connectivity index (χ1v) is 7.80. The van der Waals surface area contributed by atoms with Gasteiger partial charge in [0, 0.05) is 17.7 Å². The number of hydrogen-bond donors (Lipinski definition) is 2. The SMILES string of the molecule is CC(C)(C)c1ccc(-c2n[nH]c(-c3ccc(CN)cc3)n2)cc1. The van der Waals surface area contributed by atoms with Crippen molar-refractivity contribution in [1.29, 1.82) is 0 Å². The van der Waals surface area contributed by atoms with Gasteiger partial charge in [-0.05, 0) is 16.5 Å². The number of nitrogens with one attached hydrogen (secondary N) is 1. The van der Waals surface area contributed by atoms with Crippen molar-refractivity contribution in [2.45, 2.75) is 32.7 Å². The van der Waals surface area contributed by atoms with E-state index in [-0.39, 0.29) is 5.41 Å². The Balaban J connectivity index is 1.86. The minimum absolute atomic E-state index is 0.146. The number of nitrogens with zero attached hydrogens (tertiary/aromatic N) is 2. The van der Waals surface area contributed by atoms with Gasteiger partial charge >= 0.3 is 0 Å². The molecule has 0 aliphatic carbocycles. The van der Waals surface area contributed by atoms with E-state index in [1.165, 1.54) is 5.56 Å².